The molecule has 5 nitrogen and oxygen atoms in total. The molecule has 0 radical (unpaired) electrons. The molecule has 5 heteroatoms. The number of aryl methyl sites for hydroxylation is 1. The lowest BCUT2D eigenvalue weighted by atomic mass is 10.1. The summed E-state index contributed by atoms with van der Waals surface area (Å²) in [6.07, 6.45) is 0.216. The SMILES string of the molecule is Cc1cc(CC(=O)NCc2cccc(COc3ccccc3)c2)no1. The Labute approximate surface area is 146 Å². The van der Waals surface area contributed by atoms with Gasteiger partial charge in [0.1, 0.15) is 18.1 Å². The summed E-state index contributed by atoms with van der Waals surface area (Å²) in [5, 5.41) is 6.72. The molecule has 0 saturated carbocycles. The van der Waals surface area contributed by atoms with Crippen LogP contribution in [-0.4, -0.2) is 11.1 Å². The first-order valence-corrected chi connectivity index (χ1v) is 8.13. The fourth-order valence-electron chi connectivity index (χ4n) is 2.44. The summed E-state index contributed by atoms with van der Waals surface area (Å²) >= 11 is 0. The summed E-state index contributed by atoms with van der Waals surface area (Å²) < 4.78 is 10.7. The molecule has 0 fully saturated rings. The van der Waals surface area contributed by atoms with Gasteiger partial charge in [0.25, 0.3) is 0 Å². The minimum absolute atomic E-state index is 0.0840. The van der Waals surface area contributed by atoms with Crippen molar-refractivity contribution in [2.24, 2.45) is 0 Å². The Morgan fingerprint density at radius 1 is 1.08 bits per heavy atom. The van der Waals surface area contributed by atoms with E-state index in [9.17, 15) is 4.79 Å². The second kappa shape index (κ2) is 8.15. The van der Waals surface area contributed by atoms with Gasteiger partial charge in [0.05, 0.1) is 12.1 Å². The van der Waals surface area contributed by atoms with Gasteiger partial charge >= 0.3 is 0 Å². The number of para-hydroxylation sites is 1. The molecule has 0 aliphatic heterocycles. The summed E-state index contributed by atoms with van der Waals surface area (Å²) in [4.78, 5) is 12.0. The molecule has 1 heterocycles. The van der Waals surface area contributed by atoms with E-state index in [-0.39, 0.29) is 12.3 Å². The lowest BCUT2D eigenvalue weighted by molar-refractivity contribution is -0.120. The molecule has 25 heavy (non-hydrogen) atoms. The van der Waals surface area contributed by atoms with Crippen molar-refractivity contribution in [3.63, 3.8) is 0 Å². The van der Waals surface area contributed by atoms with Gasteiger partial charge in [0.2, 0.25) is 5.91 Å². The van der Waals surface area contributed by atoms with E-state index in [0.717, 1.165) is 16.9 Å². The highest BCUT2D eigenvalue weighted by molar-refractivity contribution is 5.78. The average molecular weight is 336 g/mol. The average Bonchev–Trinajstić information content (AvgIpc) is 3.04. The minimum atomic E-state index is -0.0840. The van der Waals surface area contributed by atoms with Crippen LogP contribution in [-0.2, 0) is 24.4 Å². The van der Waals surface area contributed by atoms with Gasteiger partial charge in [-0.05, 0) is 30.2 Å². The third-order valence-corrected chi connectivity index (χ3v) is 3.65. The van der Waals surface area contributed by atoms with Gasteiger partial charge in [-0.1, -0.05) is 47.6 Å². The van der Waals surface area contributed by atoms with E-state index >= 15 is 0 Å². The van der Waals surface area contributed by atoms with Crippen molar-refractivity contribution in [2.45, 2.75) is 26.5 Å². The van der Waals surface area contributed by atoms with E-state index in [2.05, 4.69) is 10.5 Å². The van der Waals surface area contributed by atoms with Gasteiger partial charge in [-0.3, -0.25) is 4.79 Å². The predicted octanol–water partition coefficient (Wildman–Crippen LogP) is 3.42. The Kier molecular flexibility index (Phi) is 5.46. The second-order valence-electron chi connectivity index (χ2n) is 5.80. The summed E-state index contributed by atoms with van der Waals surface area (Å²) in [5.41, 5.74) is 2.72. The number of rotatable bonds is 7. The molecule has 3 rings (SSSR count). The van der Waals surface area contributed by atoms with E-state index in [0.29, 0.717) is 24.6 Å². The van der Waals surface area contributed by atoms with Crippen LogP contribution in [0.1, 0.15) is 22.6 Å². The number of carbonyl (C=O) groups excluding carboxylic acids is 1. The number of nitrogens with one attached hydrogen (secondary N) is 1. The zero-order valence-corrected chi connectivity index (χ0v) is 14.1. The number of benzene rings is 2. The lowest BCUT2D eigenvalue weighted by Crippen LogP contribution is -2.24. The Balaban J connectivity index is 1.50. The van der Waals surface area contributed by atoms with Gasteiger partial charge in [-0.2, -0.15) is 0 Å². The van der Waals surface area contributed by atoms with E-state index in [1.54, 1.807) is 13.0 Å². The smallest absolute Gasteiger partial charge is 0.226 e. The third-order valence-electron chi connectivity index (χ3n) is 3.65. The van der Waals surface area contributed by atoms with Crippen LogP contribution in [0.25, 0.3) is 0 Å². The molecule has 2 aromatic carbocycles. The van der Waals surface area contributed by atoms with Gasteiger partial charge in [0, 0.05) is 12.6 Å². The van der Waals surface area contributed by atoms with Crippen molar-refractivity contribution in [1.82, 2.24) is 10.5 Å². The highest BCUT2D eigenvalue weighted by Crippen LogP contribution is 2.13. The fraction of sp³-hybridized carbons (Fsp3) is 0.200. The van der Waals surface area contributed by atoms with Crippen LogP contribution in [0.5, 0.6) is 5.75 Å². The molecule has 1 aromatic heterocycles. The molecule has 0 spiro atoms. The van der Waals surface area contributed by atoms with Crippen LogP contribution >= 0.6 is 0 Å². The highest BCUT2D eigenvalue weighted by Gasteiger charge is 2.07. The zero-order chi connectivity index (χ0) is 17.5. The van der Waals surface area contributed by atoms with Crippen molar-refractivity contribution in [2.75, 3.05) is 0 Å². The predicted molar refractivity (Wildman–Crippen MR) is 94.0 cm³/mol. The van der Waals surface area contributed by atoms with Crippen molar-refractivity contribution < 1.29 is 14.1 Å². The molecule has 1 N–H and O–H groups in total. The Hall–Kier alpha value is -3.08. The maximum absolute atomic E-state index is 12.0. The summed E-state index contributed by atoms with van der Waals surface area (Å²) in [6, 6.07) is 19.4. The molecule has 0 aliphatic rings. The van der Waals surface area contributed by atoms with Crippen molar-refractivity contribution in [3.05, 3.63) is 83.2 Å². The highest BCUT2D eigenvalue weighted by atomic mass is 16.5. The van der Waals surface area contributed by atoms with Gasteiger partial charge in [-0.25, -0.2) is 0 Å². The molecule has 0 unspecified atom stereocenters. The number of hydrogen-bond donors (Lipinski definition) is 1. The van der Waals surface area contributed by atoms with E-state index in [1.165, 1.54) is 0 Å². The lowest BCUT2D eigenvalue weighted by Gasteiger charge is -2.09. The Morgan fingerprint density at radius 2 is 1.88 bits per heavy atom. The Morgan fingerprint density at radius 3 is 2.64 bits per heavy atom. The third kappa shape index (κ3) is 5.21. The van der Waals surface area contributed by atoms with Crippen LogP contribution in [0.2, 0.25) is 0 Å². The Bertz CT molecular complexity index is 828. The number of aromatic nitrogens is 1. The second-order valence-corrected chi connectivity index (χ2v) is 5.80. The van der Waals surface area contributed by atoms with Crippen molar-refractivity contribution >= 4 is 5.91 Å². The monoisotopic (exact) mass is 336 g/mol. The van der Waals surface area contributed by atoms with Crippen LogP contribution in [0.4, 0.5) is 0 Å². The first kappa shape index (κ1) is 16.8. The standard InChI is InChI=1S/C20H20N2O3/c1-15-10-18(22-25-15)12-20(23)21-13-16-6-5-7-17(11-16)14-24-19-8-3-2-4-9-19/h2-11H,12-14H2,1H3,(H,21,23). The van der Waals surface area contributed by atoms with Crippen molar-refractivity contribution in [3.8, 4) is 5.75 Å². The summed E-state index contributed by atoms with van der Waals surface area (Å²) in [5.74, 6) is 1.46. The molecule has 128 valence electrons. The topological polar surface area (TPSA) is 64.4 Å². The van der Waals surface area contributed by atoms with E-state index in [1.807, 2.05) is 54.6 Å². The number of nitrogens with zero attached hydrogens (tertiary/aromatic N) is 1. The largest absolute Gasteiger partial charge is 0.489 e. The molecule has 0 bridgehead atoms. The molecule has 1 amide bonds. The number of amides is 1. The van der Waals surface area contributed by atoms with Crippen LogP contribution < -0.4 is 10.1 Å². The van der Waals surface area contributed by atoms with Crippen LogP contribution in [0.15, 0.2) is 65.2 Å². The number of carbonyl (C=O) groups is 1. The number of hydrogen-bond acceptors (Lipinski definition) is 4. The molecule has 3 aromatic rings. The van der Waals surface area contributed by atoms with Gasteiger partial charge in [-0.15, -0.1) is 0 Å². The molecular formula is C20H20N2O3. The molecule has 0 saturated heterocycles. The molecular weight excluding hydrogens is 316 g/mol. The molecule has 0 atom stereocenters. The first-order valence-electron chi connectivity index (χ1n) is 8.13. The normalized spacial score (nSPS) is 10.4. The summed E-state index contributed by atoms with van der Waals surface area (Å²) in [6.45, 7) is 2.76. The van der Waals surface area contributed by atoms with Crippen molar-refractivity contribution in [1.29, 1.82) is 0 Å². The maximum atomic E-state index is 12.0. The van der Waals surface area contributed by atoms with Gasteiger partial charge in [0.15, 0.2) is 0 Å². The minimum Gasteiger partial charge on any atom is -0.489 e. The fourth-order valence-corrected chi connectivity index (χ4v) is 2.44. The van der Waals surface area contributed by atoms with Gasteiger partial charge < -0.3 is 14.6 Å². The number of ether oxygens (including phenoxy) is 1. The molecule has 0 aliphatic carbocycles. The maximum Gasteiger partial charge on any atom is 0.226 e. The van der Waals surface area contributed by atoms with Crippen LogP contribution in [0.3, 0.4) is 0 Å². The zero-order valence-electron chi connectivity index (χ0n) is 14.1. The van der Waals surface area contributed by atoms with Crippen LogP contribution in [0, 0.1) is 6.92 Å². The van der Waals surface area contributed by atoms with E-state index in [4.69, 9.17) is 9.26 Å². The van der Waals surface area contributed by atoms with E-state index < -0.39 is 0 Å². The first-order chi connectivity index (χ1) is 12.2. The quantitative estimate of drug-likeness (QED) is 0.718. The summed E-state index contributed by atoms with van der Waals surface area (Å²) in [7, 11) is 0.